The number of nitrogens with two attached hydrogens (primary N) is 1. The van der Waals surface area contributed by atoms with Crippen LogP contribution in [0, 0.1) is 6.92 Å². The molecule has 2 rings (SSSR count). The minimum Gasteiger partial charge on any atom is -0.422 e. The third kappa shape index (κ3) is 3.23. The molecule has 0 spiro atoms. The summed E-state index contributed by atoms with van der Waals surface area (Å²) in [6.07, 6.45) is 2.33. The van der Waals surface area contributed by atoms with Crippen LogP contribution in [0.3, 0.4) is 0 Å². The number of hydrogen-bond donors (Lipinski definition) is 1. The standard InChI is InChI=1S/C13H14N4OS/c1-3-9-11(5-4-8(2)16-9)18-13-15-7-6-10(17-13)12(14)19/h4-7H,3H2,1-2H3,(H2,14,19). The monoisotopic (exact) mass is 274 g/mol. The van der Waals surface area contributed by atoms with Gasteiger partial charge in [0, 0.05) is 11.9 Å². The number of rotatable bonds is 4. The van der Waals surface area contributed by atoms with E-state index in [1.165, 1.54) is 0 Å². The van der Waals surface area contributed by atoms with Crippen LogP contribution in [-0.4, -0.2) is 19.9 Å². The highest BCUT2D eigenvalue weighted by Crippen LogP contribution is 2.22. The summed E-state index contributed by atoms with van der Waals surface area (Å²) >= 11 is 4.87. The minimum atomic E-state index is 0.213. The number of pyridine rings is 1. The summed E-state index contributed by atoms with van der Waals surface area (Å²) in [6, 6.07) is 5.60. The summed E-state index contributed by atoms with van der Waals surface area (Å²) < 4.78 is 5.65. The maximum Gasteiger partial charge on any atom is 0.322 e. The Morgan fingerprint density at radius 3 is 2.79 bits per heavy atom. The number of ether oxygens (including phenoxy) is 1. The second kappa shape index (κ2) is 5.71. The average Bonchev–Trinajstić information content (AvgIpc) is 2.41. The van der Waals surface area contributed by atoms with Gasteiger partial charge < -0.3 is 10.5 Å². The van der Waals surface area contributed by atoms with Gasteiger partial charge in [-0.2, -0.15) is 4.98 Å². The molecular weight excluding hydrogens is 260 g/mol. The molecule has 0 aliphatic heterocycles. The Kier molecular flexibility index (Phi) is 4.01. The van der Waals surface area contributed by atoms with E-state index in [2.05, 4.69) is 15.0 Å². The molecule has 0 bridgehead atoms. The molecule has 0 aliphatic carbocycles. The molecular formula is C13H14N4OS. The van der Waals surface area contributed by atoms with Crippen molar-refractivity contribution in [3.05, 3.63) is 41.5 Å². The van der Waals surface area contributed by atoms with E-state index in [0.29, 0.717) is 11.4 Å². The Labute approximate surface area is 116 Å². The van der Waals surface area contributed by atoms with Gasteiger partial charge in [-0.05, 0) is 31.5 Å². The van der Waals surface area contributed by atoms with Crippen molar-refractivity contribution in [2.45, 2.75) is 20.3 Å². The smallest absolute Gasteiger partial charge is 0.322 e. The van der Waals surface area contributed by atoms with Crippen LogP contribution >= 0.6 is 12.2 Å². The first-order chi connectivity index (χ1) is 9.10. The molecule has 0 radical (unpaired) electrons. The van der Waals surface area contributed by atoms with Crippen LogP contribution in [0.25, 0.3) is 0 Å². The molecule has 0 fully saturated rings. The largest absolute Gasteiger partial charge is 0.422 e. The summed E-state index contributed by atoms with van der Waals surface area (Å²) in [5.41, 5.74) is 7.82. The highest BCUT2D eigenvalue weighted by molar-refractivity contribution is 7.80. The van der Waals surface area contributed by atoms with Crippen molar-refractivity contribution < 1.29 is 4.74 Å². The zero-order chi connectivity index (χ0) is 13.8. The van der Waals surface area contributed by atoms with Crippen LogP contribution in [0.1, 0.15) is 24.0 Å². The molecule has 0 atom stereocenters. The Bertz CT molecular complexity index is 615. The van der Waals surface area contributed by atoms with Gasteiger partial charge in [0.05, 0.1) is 5.69 Å². The Balaban J connectivity index is 2.30. The summed E-state index contributed by atoms with van der Waals surface area (Å²) in [4.78, 5) is 12.8. The summed E-state index contributed by atoms with van der Waals surface area (Å²) in [7, 11) is 0. The molecule has 5 nitrogen and oxygen atoms in total. The summed E-state index contributed by atoms with van der Waals surface area (Å²) in [5.74, 6) is 0.646. The molecule has 0 amide bonds. The predicted molar refractivity (Wildman–Crippen MR) is 76.3 cm³/mol. The van der Waals surface area contributed by atoms with Crippen molar-refractivity contribution in [2.75, 3.05) is 0 Å². The van der Waals surface area contributed by atoms with Gasteiger partial charge >= 0.3 is 6.01 Å². The van der Waals surface area contributed by atoms with Gasteiger partial charge in [-0.1, -0.05) is 19.1 Å². The molecule has 2 aromatic rings. The van der Waals surface area contributed by atoms with Crippen LogP contribution in [0.15, 0.2) is 24.4 Å². The van der Waals surface area contributed by atoms with E-state index in [1.807, 2.05) is 26.0 Å². The van der Waals surface area contributed by atoms with Crippen LogP contribution in [0.4, 0.5) is 0 Å². The molecule has 19 heavy (non-hydrogen) atoms. The van der Waals surface area contributed by atoms with E-state index < -0.39 is 0 Å². The normalized spacial score (nSPS) is 10.2. The predicted octanol–water partition coefficient (Wildman–Crippen LogP) is 2.17. The third-order valence-electron chi connectivity index (χ3n) is 2.49. The lowest BCUT2D eigenvalue weighted by atomic mass is 10.2. The number of aromatic nitrogens is 3. The van der Waals surface area contributed by atoms with E-state index in [1.54, 1.807) is 12.3 Å². The molecule has 0 saturated heterocycles. The summed E-state index contributed by atoms with van der Waals surface area (Å²) in [6.45, 7) is 3.95. The number of nitrogens with zero attached hydrogens (tertiary/aromatic N) is 3. The molecule has 0 aromatic carbocycles. The van der Waals surface area contributed by atoms with Crippen molar-refractivity contribution >= 4 is 17.2 Å². The second-order valence-electron chi connectivity index (χ2n) is 3.94. The van der Waals surface area contributed by atoms with E-state index >= 15 is 0 Å². The van der Waals surface area contributed by atoms with Crippen LogP contribution < -0.4 is 10.5 Å². The fourth-order valence-electron chi connectivity index (χ4n) is 1.57. The first-order valence-electron chi connectivity index (χ1n) is 5.87. The molecule has 6 heteroatoms. The van der Waals surface area contributed by atoms with Crippen LogP contribution in [0.5, 0.6) is 11.8 Å². The Hall–Kier alpha value is -2.08. The zero-order valence-electron chi connectivity index (χ0n) is 10.8. The SMILES string of the molecule is CCc1nc(C)ccc1Oc1nccc(C(N)=S)n1. The van der Waals surface area contributed by atoms with Gasteiger partial charge in [0.1, 0.15) is 10.7 Å². The number of aryl methyl sites for hydroxylation is 2. The quantitative estimate of drug-likeness (QED) is 0.861. The lowest BCUT2D eigenvalue weighted by Crippen LogP contribution is -2.12. The molecule has 98 valence electrons. The van der Waals surface area contributed by atoms with Crippen molar-refractivity contribution in [2.24, 2.45) is 5.73 Å². The molecule has 2 aromatic heterocycles. The van der Waals surface area contributed by atoms with Gasteiger partial charge in [-0.25, -0.2) is 4.98 Å². The van der Waals surface area contributed by atoms with Gasteiger partial charge in [-0.3, -0.25) is 4.98 Å². The minimum absolute atomic E-state index is 0.213. The fourth-order valence-corrected chi connectivity index (χ4v) is 1.68. The molecule has 0 saturated carbocycles. The van der Waals surface area contributed by atoms with E-state index in [0.717, 1.165) is 17.8 Å². The van der Waals surface area contributed by atoms with Gasteiger partial charge in [0.2, 0.25) is 0 Å². The summed E-state index contributed by atoms with van der Waals surface area (Å²) in [5, 5.41) is 0. The maximum absolute atomic E-state index is 5.65. The lowest BCUT2D eigenvalue weighted by Gasteiger charge is -2.09. The zero-order valence-corrected chi connectivity index (χ0v) is 11.6. The topological polar surface area (TPSA) is 73.9 Å². The van der Waals surface area contributed by atoms with E-state index in [-0.39, 0.29) is 11.0 Å². The lowest BCUT2D eigenvalue weighted by molar-refractivity contribution is 0.433. The van der Waals surface area contributed by atoms with Crippen molar-refractivity contribution in [3.63, 3.8) is 0 Å². The van der Waals surface area contributed by atoms with E-state index in [9.17, 15) is 0 Å². The van der Waals surface area contributed by atoms with E-state index in [4.69, 9.17) is 22.7 Å². The van der Waals surface area contributed by atoms with Crippen LogP contribution in [-0.2, 0) is 6.42 Å². The van der Waals surface area contributed by atoms with Crippen molar-refractivity contribution in [3.8, 4) is 11.8 Å². The number of hydrogen-bond acceptors (Lipinski definition) is 5. The van der Waals surface area contributed by atoms with Crippen LogP contribution in [0.2, 0.25) is 0 Å². The van der Waals surface area contributed by atoms with Gasteiger partial charge in [-0.15, -0.1) is 0 Å². The molecule has 0 unspecified atom stereocenters. The third-order valence-corrected chi connectivity index (χ3v) is 2.70. The molecule has 2 heterocycles. The highest BCUT2D eigenvalue weighted by Gasteiger charge is 2.08. The number of thiocarbonyl (C=S) groups is 1. The first-order valence-corrected chi connectivity index (χ1v) is 6.28. The Morgan fingerprint density at radius 1 is 1.32 bits per heavy atom. The average molecular weight is 274 g/mol. The van der Waals surface area contributed by atoms with Crippen molar-refractivity contribution in [1.29, 1.82) is 0 Å². The molecule has 0 aliphatic rings. The fraction of sp³-hybridized carbons (Fsp3) is 0.231. The Morgan fingerprint density at radius 2 is 2.11 bits per heavy atom. The van der Waals surface area contributed by atoms with Crippen molar-refractivity contribution in [1.82, 2.24) is 15.0 Å². The first kappa shape index (κ1) is 13.4. The molecule has 2 N–H and O–H groups in total. The maximum atomic E-state index is 5.65. The second-order valence-corrected chi connectivity index (χ2v) is 4.38. The highest BCUT2D eigenvalue weighted by atomic mass is 32.1. The van der Waals surface area contributed by atoms with Gasteiger partial charge in [0.25, 0.3) is 0 Å². The van der Waals surface area contributed by atoms with Gasteiger partial charge in [0.15, 0.2) is 5.75 Å².